The van der Waals surface area contributed by atoms with Gasteiger partial charge in [-0.15, -0.1) is 0 Å². The molecule has 0 saturated heterocycles. The zero-order valence-corrected chi connectivity index (χ0v) is 14.0. The van der Waals surface area contributed by atoms with Crippen molar-refractivity contribution in [2.45, 2.75) is 26.7 Å². The van der Waals surface area contributed by atoms with Crippen molar-refractivity contribution in [3.8, 4) is 11.5 Å². The van der Waals surface area contributed by atoms with Crippen LogP contribution in [0.3, 0.4) is 0 Å². The van der Waals surface area contributed by atoms with Crippen LogP contribution in [0.5, 0.6) is 11.5 Å². The summed E-state index contributed by atoms with van der Waals surface area (Å²) in [6, 6.07) is 5.55. The third-order valence-corrected chi connectivity index (χ3v) is 3.22. The van der Waals surface area contributed by atoms with Crippen molar-refractivity contribution in [3.05, 3.63) is 39.9 Å². The molecule has 0 saturated carbocycles. The van der Waals surface area contributed by atoms with Gasteiger partial charge in [-0.05, 0) is 25.5 Å². The summed E-state index contributed by atoms with van der Waals surface area (Å²) >= 11 is 0. The summed E-state index contributed by atoms with van der Waals surface area (Å²) in [5, 5.41) is 10.2. The van der Waals surface area contributed by atoms with Crippen molar-refractivity contribution in [3.63, 3.8) is 0 Å². The summed E-state index contributed by atoms with van der Waals surface area (Å²) in [7, 11) is 1.59. The lowest BCUT2D eigenvalue weighted by Gasteiger charge is -2.12. The van der Waals surface area contributed by atoms with Crippen LogP contribution < -0.4 is 20.6 Å². The van der Waals surface area contributed by atoms with Gasteiger partial charge in [-0.25, -0.2) is 9.89 Å². The fourth-order valence-electron chi connectivity index (χ4n) is 1.93. The van der Waals surface area contributed by atoms with Crippen LogP contribution in [-0.4, -0.2) is 35.1 Å². The summed E-state index contributed by atoms with van der Waals surface area (Å²) < 4.78 is 11.2. The van der Waals surface area contributed by atoms with E-state index < -0.39 is 5.69 Å². The van der Waals surface area contributed by atoms with E-state index in [2.05, 4.69) is 32.6 Å². The summed E-state index contributed by atoms with van der Waals surface area (Å²) in [6.45, 7) is 4.41. The van der Waals surface area contributed by atoms with Gasteiger partial charge in [0.2, 0.25) is 0 Å². The molecule has 2 rings (SSSR count). The first-order chi connectivity index (χ1) is 11.7. The van der Waals surface area contributed by atoms with E-state index in [1.54, 1.807) is 20.2 Å². The Bertz CT molecular complexity index is 758. The third kappa shape index (κ3) is 4.55. The Balaban J connectivity index is 2.18. The summed E-state index contributed by atoms with van der Waals surface area (Å²) in [5.74, 6) is 1.57. The van der Waals surface area contributed by atoms with Crippen LogP contribution in [0.25, 0.3) is 0 Å². The normalized spacial score (nSPS) is 10.8. The van der Waals surface area contributed by atoms with E-state index >= 15 is 0 Å². The number of H-pyrrole nitrogens is 1. The van der Waals surface area contributed by atoms with Gasteiger partial charge in [-0.1, -0.05) is 19.4 Å². The van der Waals surface area contributed by atoms with E-state index in [9.17, 15) is 4.79 Å². The summed E-state index contributed by atoms with van der Waals surface area (Å²) in [4.78, 5) is 15.0. The fraction of sp³-hybridized carbons (Fsp3) is 0.375. The van der Waals surface area contributed by atoms with Gasteiger partial charge in [0.1, 0.15) is 5.69 Å². The van der Waals surface area contributed by atoms with Crippen LogP contribution in [0.2, 0.25) is 0 Å². The van der Waals surface area contributed by atoms with Gasteiger partial charge in [-0.2, -0.15) is 15.2 Å². The number of hydrogen-bond donors (Lipinski definition) is 2. The van der Waals surface area contributed by atoms with Crippen molar-refractivity contribution in [1.29, 1.82) is 0 Å². The molecule has 0 spiro atoms. The molecule has 0 atom stereocenters. The van der Waals surface area contributed by atoms with Gasteiger partial charge in [0.15, 0.2) is 17.3 Å². The minimum Gasteiger partial charge on any atom is -0.493 e. The lowest BCUT2D eigenvalue weighted by atomic mass is 10.2. The minimum absolute atomic E-state index is 0.298. The highest BCUT2D eigenvalue weighted by atomic mass is 16.5. The van der Waals surface area contributed by atoms with Gasteiger partial charge >= 0.3 is 5.69 Å². The number of rotatable bonds is 8. The molecule has 1 aromatic heterocycles. The zero-order chi connectivity index (χ0) is 17.4. The minimum atomic E-state index is -0.539. The van der Waals surface area contributed by atoms with Gasteiger partial charge in [0, 0.05) is 5.56 Å². The van der Waals surface area contributed by atoms with Crippen LogP contribution in [0.15, 0.2) is 28.1 Å². The highest BCUT2D eigenvalue weighted by Crippen LogP contribution is 2.30. The average molecular weight is 331 g/mol. The first-order valence-electron chi connectivity index (χ1n) is 7.68. The molecule has 1 aromatic carbocycles. The van der Waals surface area contributed by atoms with Crippen molar-refractivity contribution in [1.82, 2.24) is 15.2 Å². The Morgan fingerprint density at radius 2 is 2.25 bits per heavy atom. The molecule has 2 aromatic rings. The van der Waals surface area contributed by atoms with Gasteiger partial charge in [0.05, 0.1) is 19.9 Å². The lowest BCUT2D eigenvalue weighted by molar-refractivity contribution is 0.288. The van der Waals surface area contributed by atoms with Crippen LogP contribution in [-0.2, 0) is 0 Å². The number of nitrogens with one attached hydrogen (secondary N) is 2. The molecule has 8 heteroatoms. The van der Waals surface area contributed by atoms with Crippen LogP contribution in [0.4, 0.5) is 5.82 Å². The number of para-hydroxylation sites is 1. The quantitative estimate of drug-likeness (QED) is 0.436. The van der Waals surface area contributed by atoms with E-state index in [0.29, 0.717) is 29.6 Å². The number of aromatic nitrogens is 3. The van der Waals surface area contributed by atoms with E-state index in [1.807, 2.05) is 18.2 Å². The fourth-order valence-corrected chi connectivity index (χ4v) is 1.93. The SMILES string of the molecule is CCCCOc1c(/C=N/Nc2nc(=O)[nH]nc2C)cccc1OC. The highest BCUT2D eigenvalue weighted by Gasteiger charge is 2.09. The lowest BCUT2D eigenvalue weighted by Crippen LogP contribution is -2.15. The number of hydrazone groups is 1. The number of ether oxygens (including phenoxy) is 2. The van der Waals surface area contributed by atoms with Crippen LogP contribution >= 0.6 is 0 Å². The number of aromatic amines is 1. The monoisotopic (exact) mass is 331 g/mol. The number of nitrogens with zero attached hydrogens (tertiary/aromatic N) is 3. The maximum Gasteiger partial charge on any atom is 0.363 e. The molecule has 0 radical (unpaired) electrons. The highest BCUT2D eigenvalue weighted by molar-refractivity contribution is 5.85. The molecule has 0 aliphatic carbocycles. The molecule has 0 aliphatic rings. The van der Waals surface area contributed by atoms with Gasteiger partial charge in [-0.3, -0.25) is 5.43 Å². The molecule has 0 aliphatic heterocycles. The topological polar surface area (TPSA) is 101 Å². The maximum absolute atomic E-state index is 11.2. The molecule has 24 heavy (non-hydrogen) atoms. The number of benzene rings is 1. The third-order valence-electron chi connectivity index (χ3n) is 3.22. The Morgan fingerprint density at radius 1 is 1.42 bits per heavy atom. The van der Waals surface area contributed by atoms with E-state index in [0.717, 1.165) is 18.4 Å². The Morgan fingerprint density at radius 3 is 3.00 bits per heavy atom. The van der Waals surface area contributed by atoms with Crippen molar-refractivity contribution >= 4 is 12.0 Å². The van der Waals surface area contributed by atoms with Gasteiger partial charge in [0.25, 0.3) is 0 Å². The first-order valence-corrected chi connectivity index (χ1v) is 7.68. The van der Waals surface area contributed by atoms with Crippen molar-refractivity contribution in [2.24, 2.45) is 5.10 Å². The van der Waals surface area contributed by atoms with Crippen LogP contribution in [0.1, 0.15) is 31.0 Å². The molecule has 8 nitrogen and oxygen atoms in total. The molecule has 0 fully saturated rings. The predicted molar refractivity (Wildman–Crippen MR) is 92.0 cm³/mol. The van der Waals surface area contributed by atoms with Crippen molar-refractivity contribution < 1.29 is 9.47 Å². The second kappa shape index (κ2) is 8.66. The average Bonchev–Trinajstić information content (AvgIpc) is 2.59. The first kappa shape index (κ1) is 17.5. The second-order valence-corrected chi connectivity index (χ2v) is 5.03. The predicted octanol–water partition coefficient (Wildman–Crippen LogP) is 2.11. The van der Waals surface area contributed by atoms with E-state index in [1.165, 1.54) is 0 Å². The maximum atomic E-state index is 11.2. The molecule has 2 N–H and O–H groups in total. The number of unbranched alkanes of at least 4 members (excludes halogenated alkanes) is 1. The zero-order valence-electron chi connectivity index (χ0n) is 14.0. The molecule has 1 heterocycles. The number of hydrogen-bond acceptors (Lipinski definition) is 7. The Labute approximate surface area is 139 Å². The largest absolute Gasteiger partial charge is 0.493 e. The summed E-state index contributed by atoms with van der Waals surface area (Å²) in [6.07, 6.45) is 3.58. The molecule has 0 bridgehead atoms. The molecule has 128 valence electrons. The number of methoxy groups -OCH3 is 1. The Hall–Kier alpha value is -2.90. The van der Waals surface area contributed by atoms with E-state index in [4.69, 9.17) is 9.47 Å². The van der Waals surface area contributed by atoms with Crippen molar-refractivity contribution in [2.75, 3.05) is 19.1 Å². The second-order valence-electron chi connectivity index (χ2n) is 5.03. The number of anilines is 1. The smallest absolute Gasteiger partial charge is 0.363 e. The Kier molecular flexibility index (Phi) is 6.30. The molecular formula is C16H21N5O3. The van der Waals surface area contributed by atoms with Gasteiger partial charge < -0.3 is 9.47 Å². The summed E-state index contributed by atoms with van der Waals surface area (Å²) in [5.41, 5.74) is 3.47. The molecular weight excluding hydrogens is 310 g/mol. The standard InChI is InChI=1S/C16H21N5O3/c1-4-5-9-24-14-12(7-6-8-13(14)23-3)10-17-20-15-11(2)19-21-16(22)18-15/h6-8,10H,4-5,9H2,1-3H3,(H2,18,20,21,22)/b17-10+. The molecule has 0 unspecified atom stereocenters. The number of aryl methyl sites for hydroxylation is 1. The van der Waals surface area contributed by atoms with E-state index in [-0.39, 0.29) is 0 Å². The molecule has 0 amide bonds. The van der Waals surface area contributed by atoms with Crippen LogP contribution in [0, 0.1) is 6.92 Å².